The molecule has 0 unspecified atom stereocenters. The molecule has 0 atom stereocenters. The fourth-order valence-electron chi connectivity index (χ4n) is 1.23. The first-order chi connectivity index (χ1) is 8.98. The predicted octanol–water partition coefficient (Wildman–Crippen LogP) is 1.61. The number of amides is 1. The average Bonchev–Trinajstić information content (AvgIpc) is 2.43. The van der Waals surface area contributed by atoms with Crippen LogP contribution in [0.15, 0.2) is 36.9 Å². The van der Waals surface area contributed by atoms with Gasteiger partial charge in [-0.1, -0.05) is 12.7 Å². The summed E-state index contributed by atoms with van der Waals surface area (Å²) in [4.78, 5) is 11.5. The van der Waals surface area contributed by atoms with Crippen molar-refractivity contribution in [3.63, 3.8) is 0 Å². The van der Waals surface area contributed by atoms with E-state index in [0.717, 1.165) is 0 Å². The summed E-state index contributed by atoms with van der Waals surface area (Å²) < 4.78 is 30.7. The third kappa shape index (κ3) is 5.05. The van der Waals surface area contributed by atoms with Gasteiger partial charge in [0, 0.05) is 5.56 Å². The van der Waals surface area contributed by atoms with Gasteiger partial charge < -0.3 is 15.2 Å². The maximum absolute atomic E-state index is 12.7. The second kappa shape index (κ2) is 6.84. The molecule has 1 rings (SSSR count). The Kier molecular flexibility index (Phi) is 5.44. The number of ether oxygens (including phenoxy) is 1. The lowest BCUT2D eigenvalue weighted by Crippen LogP contribution is -2.38. The maximum Gasteiger partial charge on any atom is 0.287 e. The van der Waals surface area contributed by atoms with Gasteiger partial charge in [-0.2, -0.15) is 0 Å². The largest absolute Gasteiger partial charge is 0.490 e. The number of hydrogen-bond donors (Lipinski definition) is 2. The van der Waals surface area contributed by atoms with E-state index in [-0.39, 0.29) is 5.56 Å². The summed E-state index contributed by atoms with van der Waals surface area (Å²) in [5, 5.41) is 10.4. The van der Waals surface area contributed by atoms with Gasteiger partial charge in [0.05, 0.1) is 6.54 Å². The molecule has 19 heavy (non-hydrogen) atoms. The van der Waals surface area contributed by atoms with Crippen molar-refractivity contribution in [2.75, 3.05) is 19.8 Å². The van der Waals surface area contributed by atoms with Gasteiger partial charge in [-0.25, -0.2) is 8.78 Å². The number of halogens is 2. The van der Waals surface area contributed by atoms with Crippen molar-refractivity contribution in [3.8, 4) is 5.75 Å². The average molecular weight is 271 g/mol. The van der Waals surface area contributed by atoms with Gasteiger partial charge in [0.25, 0.3) is 11.8 Å². The van der Waals surface area contributed by atoms with Crippen LogP contribution in [-0.2, 0) is 0 Å². The van der Waals surface area contributed by atoms with Crippen molar-refractivity contribution >= 4 is 5.91 Å². The molecule has 0 bridgehead atoms. The Hall–Kier alpha value is -1.95. The lowest BCUT2D eigenvalue weighted by molar-refractivity contribution is -0.0462. The monoisotopic (exact) mass is 271 g/mol. The van der Waals surface area contributed by atoms with Crippen LogP contribution in [0.2, 0.25) is 0 Å². The van der Waals surface area contributed by atoms with Crippen LogP contribution in [0.4, 0.5) is 8.78 Å². The molecule has 0 heterocycles. The molecule has 0 saturated heterocycles. The van der Waals surface area contributed by atoms with Gasteiger partial charge >= 0.3 is 0 Å². The summed E-state index contributed by atoms with van der Waals surface area (Å²) in [6.45, 7) is 1.63. The molecule has 0 aliphatic carbocycles. The molecule has 2 N–H and O–H groups in total. The van der Waals surface area contributed by atoms with Crippen molar-refractivity contribution in [3.05, 3.63) is 42.5 Å². The molecular weight excluding hydrogens is 256 g/mol. The first kappa shape index (κ1) is 15.1. The molecular formula is C13H15F2NO3. The van der Waals surface area contributed by atoms with Crippen LogP contribution >= 0.6 is 0 Å². The first-order valence-electron chi connectivity index (χ1n) is 5.59. The minimum absolute atomic E-state index is 0.236. The Balaban J connectivity index is 2.55. The van der Waals surface area contributed by atoms with Crippen molar-refractivity contribution < 1.29 is 23.4 Å². The Morgan fingerprint density at radius 1 is 1.42 bits per heavy atom. The molecule has 0 saturated carbocycles. The minimum atomic E-state index is -3.32. The van der Waals surface area contributed by atoms with Gasteiger partial charge in [0.2, 0.25) is 0 Å². The van der Waals surface area contributed by atoms with E-state index >= 15 is 0 Å². The summed E-state index contributed by atoms with van der Waals surface area (Å²) in [6.07, 6.45) is 1.58. The fourth-order valence-corrected chi connectivity index (χ4v) is 1.23. The zero-order chi connectivity index (χ0) is 14.3. The van der Waals surface area contributed by atoms with Crippen LogP contribution in [0.3, 0.4) is 0 Å². The van der Waals surface area contributed by atoms with E-state index in [1.165, 1.54) is 12.1 Å². The summed E-state index contributed by atoms with van der Waals surface area (Å²) in [5.41, 5.74) is 0.236. The van der Waals surface area contributed by atoms with E-state index in [1.54, 1.807) is 18.2 Å². The van der Waals surface area contributed by atoms with Crippen molar-refractivity contribution in [1.29, 1.82) is 0 Å². The quantitative estimate of drug-likeness (QED) is 0.741. The molecule has 0 fully saturated rings. The van der Waals surface area contributed by atoms with Crippen LogP contribution in [-0.4, -0.2) is 36.7 Å². The Bertz CT molecular complexity index is 432. The van der Waals surface area contributed by atoms with E-state index in [4.69, 9.17) is 9.84 Å². The predicted molar refractivity (Wildman–Crippen MR) is 66.5 cm³/mol. The van der Waals surface area contributed by atoms with Crippen molar-refractivity contribution in [2.24, 2.45) is 0 Å². The minimum Gasteiger partial charge on any atom is -0.490 e. The molecule has 0 aliphatic heterocycles. The number of nitrogens with one attached hydrogen (secondary N) is 1. The normalized spacial score (nSPS) is 10.9. The van der Waals surface area contributed by atoms with E-state index < -0.39 is 25.0 Å². The van der Waals surface area contributed by atoms with Gasteiger partial charge in [0.1, 0.15) is 19.0 Å². The molecule has 0 radical (unpaired) electrons. The molecule has 0 spiro atoms. The second-order valence-electron chi connectivity index (χ2n) is 3.82. The molecule has 1 aromatic carbocycles. The summed E-state index contributed by atoms with van der Waals surface area (Å²) >= 11 is 0. The molecule has 0 aliphatic rings. The number of carbonyl (C=O) groups is 1. The summed E-state index contributed by atoms with van der Waals surface area (Å²) in [6, 6.07) is 6.04. The molecule has 0 aromatic heterocycles. The van der Waals surface area contributed by atoms with E-state index in [0.29, 0.717) is 12.4 Å². The highest BCUT2D eigenvalue weighted by Gasteiger charge is 2.28. The number of alkyl halides is 2. The summed E-state index contributed by atoms with van der Waals surface area (Å²) in [7, 11) is 0. The topological polar surface area (TPSA) is 58.6 Å². The maximum atomic E-state index is 12.7. The number of hydrogen-bond acceptors (Lipinski definition) is 3. The zero-order valence-electron chi connectivity index (χ0n) is 10.2. The van der Waals surface area contributed by atoms with Crippen LogP contribution in [0, 0.1) is 0 Å². The lowest BCUT2D eigenvalue weighted by Gasteiger charge is -2.14. The molecule has 4 nitrogen and oxygen atoms in total. The number of aliphatic hydroxyl groups is 1. The van der Waals surface area contributed by atoms with Crippen LogP contribution in [0.25, 0.3) is 0 Å². The smallest absolute Gasteiger partial charge is 0.287 e. The van der Waals surface area contributed by atoms with Gasteiger partial charge in [-0.05, 0) is 24.3 Å². The number of aliphatic hydroxyl groups excluding tert-OH is 1. The molecule has 104 valence electrons. The Morgan fingerprint density at radius 2 is 2.05 bits per heavy atom. The van der Waals surface area contributed by atoms with Gasteiger partial charge in [-0.15, -0.1) is 0 Å². The first-order valence-corrected chi connectivity index (χ1v) is 5.59. The Labute approximate surface area is 109 Å². The number of benzene rings is 1. The van der Waals surface area contributed by atoms with Crippen LogP contribution in [0.1, 0.15) is 10.4 Å². The van der Waals surface area contributed by atoms with Crippen molar-refractivity contribution in [2.45, 2.75) is 5.92 Å². The highest BCUT2D eigenvalue weighted by molar-refractivity contribution is 5.94. The third-order valence-electron chi connectivity index (χ3n) is 2.22. The second-order valence-corrected chi connectivity index (χ2v) is 3.82. The summed E-state index contributed by atoms with van der Waals surface area (Å²) in [5.74, 6) is -3.40. The van der Waals surface area contributed by atoms with Crippen LogP contribution in [0.5, 0.6) is 5.75 Å². The van der Waals surface area contributed by atoms with E-state index in [9.17, 15) is 13.6 Å². The molecule has 6 heteroatoms. The number of rotatable bonds is 7. The molecule has 1 aromatic rings. The van der Waals surface area contributed by atoms with Gasteiger partial charge in [-0.3, -0.25) is 4.79 Å². The van der Waals surface area contributed by atoms with Crippen molar-refractivity contribution in [1.82, 2.24) is 5.32 Å². The van der Waals surface area contributed by atoms with Gasteiger partial charge in [0.15, 0.2) is 0 Å². The zero-order valence-corrected chi connectivity index (χ0v) is 10.2. The van der Waals surface area contributed by atoms with E-state index in [1.807, 2.05) is 5.32 Å². The van der Waals surface area contributed by atoms with Crippen LogP contribution < -0.4 is 10.1 Å². The standard InChI is InChI=1S/C13H15F2NO3/c1-2-7-19-11-5-3-10(4-6-11)12(18)16-8-13(14,15)9-17/h2-6,17H,1,7-9H2,(H,16,18). The highest BCUT2D eigenvalue weighted by atomic mass is 19.3. The Morgan fingerprint density at radius 3 is 2.58 bits per heavy atom. The SMILES string of the molecule is C=CCOc1ccc(C(=O)NCC(F)(F)CO)cc1. The van der Waals surface area contributed by atoms with E-state index in [2.05, 4.69) is 6.58 Å². The third-order valence-corrected chi connectivity index (χ3v) is 2.22. The number of carbonyl (C=O) groups excluding carboxylic acids is 1. The molecule has 1 amide bonds. The fraction of sp³-hybridized carbons (Fsp3) is 0.308. The lowest BCUT2D eigenvalue weighted by atomic mass is 10.2. The highest BCUT2D eigenvalue weighted by Crippen LogP contribution is 2.13.